The van der Waals surface area contributed by atoms with Gasteiger partial charge in [-0.3, -0.25) is 4.79 Å². The Balaban J connectivity index is 1.20. The van der Waals surface area contributed by atoms with Crippen LogP contribution in [0, 0.1) is 12.8 Å². The predicted octanol–water partition coefficient (Wildman–Crippen LogP) is 3.84. The SMILES string of the molecule is COc1ccccc1CCNc1ncc2c(N3CCC(C(=O)Nc4cc(C)on4)CC3)nccc2n1. The Labute approximate surface area is 209 Å². The first kappa shape index (κ1) is 23.5. The van der Waals surface area contributed by atoms with Gasteiger partial charge in [-0.05, 0) is 43.9 Å². The lowest BCUT2D eigenvalue weighted by atomic mass is 9.95. The average Bonchev–Trinajstić information content (AvgIpc) is 3.32. The molecular formula is C26H29N7O3. The van der Waals surface area contributed by atoms with Crippen LogP contribution in [-0.2, 0) is 11.2 Å². The first-order chi connectivity index (χ1) is 17.6. The molecule has 4 aromatic rings. The molecule has 2 N–H and O–H groups in total. The standard InChI is InChI=1S/C26H29N7O3/c1-17-15-23(32-36-17)31-25(34)19-9-13-33(14-10-19)24-20-16-29-26(30-21(20)8-12-27-24)28-11-7-18-5-3-4-6-22(18)35-2/h3-6,8,12,15-16,19H,7,9-11,13-14H2,1-2H3,(H,28,29,30)(H,31,32,34). The summed E-state index contributed by atoms with van der Waals surface area (Å²) in [6, 6.07) is 11.6. The molecule has 0 aliphatic carbocycles. The molecular weight excluding hydrogens is 458 g/mol. The van der Waals surface area contributed by atoms with E-state index in [-0.39, 0.29) is 11.8 Å². The number of benzene rings is 1. The first-order valence-corrected chi connectivity index (χ1v) is 12.1. The molecule has 1 fully saturated rings. The first-order valence-electron chi connectivity index (χ1n) is 12.1. The molecule has 0 bridgehead atoms. The van der Waals surface area contributed by atoms with Crippen LogP contribution in [0.4, 0.5) is 17.6 Å². The number of ether oxygens (including phenoxy) is 1. The van der Waals surface area contributed by atoms with Crippen molar-refractivity contribution < 1.29 is 14.1 Å². The molecule has 0 atom stereocenters. The molecule has 186 valence electrons. The Morgan fingerprint density at radius 3 is 2.81 bits per heavy atom. The number of aromatic nitrogens is 4. The van der Waals surface area contributed by atoms with Crippen molar-refractivity contribution >= 4 is 34.4 Å². The summed E-state index contributed by atoms with van der Waals surface area (Å²) in [7, 11) is 1.68. The van der Waals surface area contributed by atoms with Gasteiger partial charge in [0.15, 0.2) is 5.82 Å². The van der Waals surface area contributed by atoms with E-state index in [0.717, 1.165) is 60.4 Å². The maximum atomic E-state index is 12.6. The molecule has 1 aliphatic heterocycles. The number of pyridine rings is 1. The zero-order valence-corrected chi connectivity index (χ0v) is 20.4. The number of hydrogen-bond donors (Lipinski definition) is 2. The molecule has 1 amide bonds. The summed E-state index contributed by atoms with van der Waals surface area (Å²) in [5.74, 6) is 3.32. The monoisotopic (exact) mass is 487 g/mol. The Kier molecular flexibility index (Phi) is 6.92. The molecule has 0 spiro atoms. The van der Waals surface area contributed by atoms with E-state index < -0.39 is 0 Å². The third kappa shape index (κ3) is 5.22. The summed E-state index contributed by atoms with van der Waals surface area (Å²) in [6.07, 6.45) is 5.84. The molecule has 0 saturated carbocycles. The highest BCUT2D eigenvalue weighted by Gasteiger charge is 2.27. The number of amides is 1. The van der Waals surface area contributed by atoms with Crippen LogP contribution in [0.2, 0.25) is 0 Å². The maximum Gasteiger partial charge on any atom is 0.228 e. The topological polar surface area (TPSA) is 118 Å². The Bertz CT molecular complexity index is 1350. The second kappa shape index (κ2) is 10.6. The van der Waals surface area contributed by atoms with Crippen molar-refractivity contribution in [3.63, 3.8) is 0 Å². The molecule has 1 saturated heterocycles. The van der Waals surface area contributed by atoms with Crippen LogP contribution in [-0.4, -0.2) is 52.8 Å². The van der Waals surface area contributed by atoms with E-state index in [9.17, 15) is 4.79 Å². The van der Waals surface area contributed by atoms with Crippen molar-refractivity contribution in [3.8, 4) is 5.75 Å². The molecule has 5 rings (SSSR count). The number of para-hydroxylation sites is 1. The summed E-state index contributed by atoms with van der Waals surface area (Å²) < 4.78 is 10.4. The minimum atomic E-state index is -0.0801. The number of piperidine rings is 1. The van der Waals surface area contributed by atoms with Gasteiger partial charge >= 0.3 is 0 Å². The van der Waals surface area contributed by atoms with E-state index in [1.54, 1.807) is 26.3 Å². The van der Waals surface area contributed by atoms with Gasteiger partial charge in [0.2, 0.25) is 11.9 Å². The van der Waals surface area contributed by atoms with Gasteiger partial charge in [-0.25, -0.2) is 15.0 Å². The van der Waals surface area contributed by atoms with Crippen molar-refractivity contribution in [3.05, 3.63) is 60.1 Å². The lowest BCUT2D eigenvalue weighted by molar-refractivity contribution is -0.120. The summed E-state index contributed by atoms with van der Waals surface area (Å²) >= 11 is 0. The molecule has 10 heteroatoms. The number of fused-ring (bicyclic) bond motifs is 1. The number of carbonyl (C=O) groups excluding carboxylic acids is 1. The quantitative estimate of drug-likeness (QED) is 0.382. The fraction of sp³-hybridized carbons (Fsp3) is 0.346. The highest BCUT2D eigenvalue weighted by atomic mass is 16.5. The fourth-order valence-corrected chi connectivity index (χ4v) is 4.51. The number of methoxy groups -OCH3 is 1. The smallest absolute Gasteiger partial charge is 0.228 e. The third-order valence-electron chi connectivity index (χ3n) is 6.40. The minimum Gasteiger partial charge on any atom is -0.496 e. The number of aryl methyl sites for hydroxylation is 1. The second-order valence-corrected chi connectivity index (χ2v) is 8.82. The number of nitrogens with zero attached hydrogens (tertiary/aromatic N) is 5. The van der Waals surface area contributed by atoms with Crippen LogP contribution < -0.4 is 20.3 Å². The van der Waals surface area contributed by atoms with Crippen LogP contribution in [0.15, 0.2) is 53.3 Å². The average molecular weight is 488 g/mol. The molecule has 1 aromatic carbocycles. The van der Waals surface area contributed by atoms with Gasteiger partial charge in [0.25, 0.3) is 0 Å². The largest absolute Gasteiger partial charge is 0.496 e. The molecule has 36 heavy (non-hydrogen) atoms. The van der Waals surface area contributed by atoms with Gasteiger partial charge in [0, 0.05) is 44.0 Å². The summed E-state index contributed by atoms with van der Waals surface area (Å²) in [6.45, 7) is 3.93. The Hall–Kier alpha value is -4.21. The van der Waals surface area contributed by atoms with Crippen LogP contribution in [0.3, 0.4) is 0 Å². The highest BCUT2D eigenvalue weighted by Crippen LogP contribution is 2.28. The van der Waals surface area contributed by atoms with Crippen molar-refractivity contribution in [2.24, 2.45) is 5.92 Å². The van der Waals surface area contributed by atoms with Crippen molar-refractivity contribution in [1.82, 2.24) is 20.1 Å². The van der Waals surface area contributed by atoms with E-state index in [1.807, 2.05) is 30.5 Å². The summed E-state index contributed by atoms with van der Waals surface area (Å²) in [5, 5.41) is 10.9. The van der Waals surface area contributed by atoms with Gasteiger partial charge in [-0.15, -0.1) is 0 Å². The third-order valence-corrected chi connectivity index (χ3v) is 6.40. The summed E-state index contributed by atoms with van der Waals surface area (Å²) in [5.41, 5.74) is 1.96. The zero-order chi connectivity index (χ0) is 24.9. The summed E-state index contributed by atoms with van der Waals surface area (Å²) in [4.78, 5) is 28.7. The lowest BCUT2D eigenvalue weighted by Crippen LogP contribution is -2.38. The minimum absolute atomic E-state index is 0.0269. The van der Waals surface area contributed by atoms with Crippen LogP contribution >= 0.6 is 0 Å². The number of nitrogens with one attached hydrogen (secondary N) is 2. The lowest BCUT2D eigenvalue weighted by Gasteiger charge is -2.32. The van der Waals surface area contributed by atoms with E-state index in [1.165, 1.54) is 0 Å². The second-order valence-electron chi connectivity index (χ2n) is 8.82. The highest BCUT2D eigenvalue weighted by molar-refractivity contribution is 5.92. The Morgan fingerprint density at radius 2 is 2.03 bits per heavy atom. The predicted molar refractivity (Wildman–Crippen MR) is 137 cm³/mol. The van der Waals surface area contributed by atoms with Gasteiger partial charge in [0.05, 0.1) is 18.0 Å². The zero-order valence-electron chi connectivity index (χ0n) is 20.4. The van der Waals surface area contributed by atoms with Crippen LogP contribution in [0.5, 0.6) is 5.75 Å². The number of carbonyl (C=O) groups is 1. The van der Waals surface area contributed by atoms with Gasteiger partial charge < -0.3 is 24.8 Å². The van der Waals surface area contributed by atoms with Gasteiger partial charge in [-0.1, -0.05) is 23.4 Å². The van der Waals surface area contributed by atoms with Gasteiger partial charge in [-0.2, -0.15) is 0 Å². The fourth-order valence-electron chi connectivity index (χ4n) is 4.51. The molecule has 0 radical (unpaired) electrons. The van der Waals surface area contributed by atoms with E-state index in [4.69, 9.17) is 14.2 Å². The van der Waals surface area contributed by atoms with E-state index in [0.29, 0.717) is 24.1 Å². The number of anilines is 3. The van der Waals surface area contributed by atoms with E-state index in [2.05, 4.69) is 36.7 Å². The van der Waals surface area contributed by atoms with E-state index >= 15 is 0 Å². The molecule has 10 nitrogen and oxygen atoms in total. The van der Waals surface area contributed by atoms with Gasteiger partial charge in [0.1, 0.15) is 17.3 Å². The number of hydrogen-bond acceptors (Lipinski definition) is 9. The molecule has 3 aromatic heterocycles. The number of rotatable bonds is 8. The van der Waals surface area contributed by atoms with Crippen molar-refractivity contribution in [2.45, 2.75) is 26.2 Å². The molecule has 0 unspecified atom stereocenters. The normalized spacial score (nSPS) is 14.1. The Morgan fingerprint density at radius 1 is 1.19 bits per heavy atom. The van der Waals surface area contributed by atoms with Crippen LogP contribution in [0.1, 0.15) is 24.2 Å². The van der Waals surface area contributed by atoms with Crippen molar-refractivity contribution in [2.75, 3.05) is 42.3 Å². The maximum absolute atomic E-state index is 12.6. The van der Waals surface area contributed by atoms with Crippen molar-refractivity contribution in [1.29, 1.82) is 0 Å². The van der Waals surface area contributed by atoms with Crippen LogP contribution in [0.25, 0.3) is 10.9 Å². The molecule has 4 heterocycles. The molecule has 1 aliphatic rings.